The molecule has 104 valence electrons. The molecule has 0 spiro atoms. The maximum Gasteiger partial charge on any atom is 0.0588 e. The van der Waals surface area contributed by atoms with E-state index in [4.69, 9.17) is 0 Å². The van der Waals surface area contributed by atoms with Crippen molar-refractivity contribution < 1.29 is 0 Å². The van der Waals surface area contributed by atoms with Crippen LogP contribution in [-0.4, -0.2) is 6.54 Å². The standard InChI is InChI=1S/C19H23N/c1-14(2)8-7-13-20-19-17-11-5-3-9-15(17)16-10-4-6-12-18(16)19/h3-6,9-12,14,19-20H,7-8,13H2,1-2H3. The SMILES string of the molecule is CC(C)CCCNC1c2ccccc2-c2ccccc21. The lowest BCUT2D eigenvalue weighted by Gasteiger charge is -2.16. The maximum absolute atomic E-state index is 3.75. The fraction of sp³-hybridized carbons (Fsp3) is 0.368. The van der Waals surface area contributed by atoms with Crippen molar-refractivity contribution in [1.29, 1.82) is 0 Å². The molecule has 0 aliphatic heterocycles. The average molecular weight is 265 g/mol. The molecule has 0 heterocycles. The third kappa shape index (κ3) is 2.51. The Kier molecular flexibility index (Phi) is 3.88. The van der Waals surface area contributed by atoms with Crippen LogP contribution in [0.1, 0.15) is 43.9 Å². The van der Waals surface area contributed by atoms with Gasteiger partial charge in [-0.05, 0) is 47.6 Å². The summed E-state index contributed by atoms with van der Waals surface area (Å²) in [6.45, 7) is 5.67. The predicted octanol–water partition coefficient (Wildman–Crippen LogP) is 4.78. The molecule has 0 fully saturated rings. The van der Waals surface area contributed by atoms with Gasteiger partial charge < -0.3 is 5.32 Å². The van der Waals surface area contributed by atoms with Crippen LogP contribution in [-0.2, 0) is 0 Å². The lowest BCUT2D eigenvalue weighted by Crippen LogP contribution is -2.22. The van der Waals surface area contributed by atoms with E-state index >= 15 is 0 Å². The Morgan fingerprint density at radius 3 is 2.00 bits per heavy atom. The molecule has 1 nitrogen and oxygen atoms in total. The second-order valence-corrected chi connectivity index (χ2v) is 6.10. The van der Waals surface area contributed by atoms with Gasteiger partial charge in [-0.1, -0.05) is 62.4 Å². The molecule has 2 aromatic carbocycles. The van der Waals surface area contributed by atoms with Gasteiger partial charge in [0, 0.05) is 0 Å². The first kappa shape index (κ1) is 13.4. The molecule has 0 radical (unpaired) electrons. The molecule has 1 aliphatic rings. The van der Waals surface area contributed by atoms with E-state index in [1.54, 1.807) is 0 Å². The van der Waals surface area contributed by atoms with Gasteiger partial charge in [-0.3, -0.25) is 0 Å². The normalized spacial score (nSPS) is 13.6. The Bertz CT molecular complexity index is 540. The maximum atomic E-state index is 3.75. The molecule has 2 aromatic rings. The first-order valence-electron chi connectivity index (χ1n) is 7.69. The zero-order valence-electron chi connectivity index (χ0n) is 12.4. The van der Waals surface area contributed by atoms with E-state index in [-0.39, 0.29) is 0 Å². The summed E-state index contributed by atoms with van der Waals surface area (Å²) in [4.78, 5) is 0. The quantitative estimate of drug-likeness (QED) is 0.767. The van der Waals surface area contributed by atoms with Crippen molar-refractivity contribution in [3.8, 4) is 11.1 Å². The summed E-state index contributed by atoms with van der Waals surface area (Å²) in [7, 11) is 0. The summed E-state index contributed by atoms with van der Waals surface area (Å²) in [6.07, 6.45) is 2.54. The van der Waals surface area contributed by atoms with Gasteiger partial charge in [0.2, 0.25) is 0 Å². The van der Waals surface area contributed by atoms with Crippen LogP contribution in [0.25, 0.3) is 11.1 Å². The highest BCUT2D eigenvalue weighted by atomic mass is 14.9. The highest BCUT2D eigenvalue weighted by Crippen LogP contribution is 2.42. The number of hydrogen-bond donors (Lipinski definition) is 1. The van der Waals surface area contributed by atoms with E-state index in [1.807, 2.05) is 0 Å². The van der Waals surface area contributed by atoms with Crippen LogP contribution in [0.4, 0.5) is 0 Å². The summed E-state index contributed by atoms with van der Waals surface area (Å²) in [5.74, 6) is 0.792. The molecular weight excluding hydrogens is 242 g/mol. The molecule has 0 saturated heterocycles. The van der Waals surface area contributed by atoms with Crippen LogP contribution < -0.4 is 5.32 Å². The first-order valence-corrected chi connectivity index (χ1v) is 7.69. The van der Waals surface area contributed by atoms with Crippen molar-refractivity contribution in [1.82, 2.24) is 5.32 Å². The van der Waals surface area contributed by atoms with Crippen LogP contribution in [0.15, 0.2) is 48.5 Å². The summed E-state index contributed by atoms with van der Waals surface area (Å²) in [5, 5.41) is 3.75. The molecule has 1 N–H and O–H groups in total. The summed E-state index contributed by atoms with van der Waals surface area (Å²) < 4.78 is 0. The summed E-state index contributed by atoms with van der Waals surface area (Å²) in [5.41, 5.74) is 5.64. The number of hydrogen-bond acceptors (Lipinski definition) is 1. The molecule has 20 heavy (non-hydrogen) atoms. The van der Waals surface area contributed by atoms with Gasteiger partial charge in [0.15, 0.2) is 0 Å². The van der Waals surface area contributed by atoms with Gasteiger partial charge in [-0.25, -0.2) is 0 Å². The zero-order valence-corrected chi connectivity index (χ0v) is 12.4. The fourth-order valence-corrected chi connectivity index (χ4v) is 3.13. The van der Waals surface area contributed by atoms with Crippen LogP contribution >= 0.6 is 0 Å². The second kappa shape index (κ2) is 5.80. The third-order valence-corrected chi connectivity index (χ3v) is 4.14. The first-order chi connectivity index (χ1) is 9.77. The minimum absolute atomic E-state index is 0.370. The van der Waals surface area contributed by atoms with Crippen LogP contribution in [0.3, 0.4) is 0 Å². The summed E-state index contributed by atoms with van der Waals surface area (Å²) in [6, 6.07) is 17.9. The Morgan fingerprint density at radius 2 is 1.45 bits per heavy atom. The molecule has 0 unspecified atom stereocenters. The lowest BCUT2D eigenvalue weighted by atomic mass is 10.0. The molecule has 3 rings (SSSR count). The largest absolute Gasteiger partial charge is 0.306 e. The van der Waals surface area contributed by atoms with Crippen LogP contribution in [0, 0.1) is 5.92 Å². The molecule has 0 bridgehead atoms. The highest BCUT2D eigenvalue weighted by Gasteiger charge is 2.26. The Balaban J connectivity index is 1.80. The van der Waals surface area contributed by atoms with E-state index in [1.165, 1.54) is 35.1 Å². The van der Waals surface area contributed by atoms with Crippen molar-refractivity contribution in [2.45, 2.75) is 32.7 Å². The van der Waals surface area contributed by atoms with Crippen molar-refractivity contribution in [2.75, 3.05) is 6.54 Å². The number of fused-ring (bicyclic) bond motifs is 3. The van der Waals surface area contributed by atoms with Gasteiger partial charge >= 0.3 is 0 Å². The average Bonchev–Trinajstić information content (AvgIpc) is 2.78. The molecule has 0 atom stereocenters. The monoisotopic (exact) mass is 265 g/mol. The molecule has 0 saturated carbocycles. The smallest absolute Gasteiger partial charge is 0.0588 e. The van der Waals surface area contributed by atoms with E-state index in [0.717, 1.165) is 12.5 Å². The number of nitrogens with one attached hydrogen (secondary N) is 1. The molecule has 1 aliphatic carbocycles. The van der Waals surface area contributed by atoms with Crippen molar-refractivity contribution in [3.05, 3.63) is 59.7 Å². The minimum atomic E-state index is 0.370. The van der Waals surface area contributed by atoms with Crippen molar-refractivity contribution in [3.63, 3.8) is 0 Å². The van der Waals surface area contributed by atoms with Crippen molar-refractivity contribution in [2.24, 2.45) is 5.92 Å². The Labute approximate surface area is 122 Å². The highest BCUT2D eigenvalue weighted by molar-refractivity contribution is 5.78. The molecule has 0 amide bonds. The molecular formula is C19H23N. The number of rotatable bonds is 5. The van der Waals surface area contributed by atoms with Gasteiger partial charge in [-0.15, -0.1) is 0 Å². The van der Waals surface area contributed by atoms with Gasteiger partial charge in [-0.2, -0.15) is 0 Å². The number of benzene rings is 2. The van der Waals surface area contributed by atoms with Crippen molar-refractivity contribution >= 4 is 0 Å². The Morgan fingerprint density at radius 1 is 0.900 bits per heavy atom. The second-order valence-electron chi connectivity index (χ2n) is 6.10. The minimum Gasteiger partial charge on any atom is -0.306 e. The zero-order chi connectivity index (χ0) is 13.9. The topological polar surface area (TPSA) is 12.0 Å². The van der Waals surface area contributed by atoms with E-state index in [9.17, 15) is 0 Å². The Hall–Kier alpha value is -1.60. The molecule has 1 heteroatoms. The summed E-state index contributed by atoms with van der Waals surface area (Å²) >= 11 is 0. The predicted molar refractivity (Wildman–Crippen MR) is 85.8 cm³/mol. The lowest BCUT2D eigenvalue weighted by molar-refractivity contribution is 0.511. The van der Waals surface area contributed by atoms with E-state index in [0.29, 0.717) is 6.04 Å². The van der Waals surface area contributed by atoms with Gasteiger partial charge in [0.05, 0.1) is 6.04 Å². The van der Waals surface area contributed by atoms with Crippen LogP contribution in [0.2, 0.25) is 0 Å². The van der Waals surface area contributed by atoms with E-state index in [2.05, 4.69) is 67.7 Å². The third-order valence-electron chi connectivity index (χ3n) is 4.14. The van der Waals surface area contributed by atoms with Gasteiger partial charge in [0.25, 0.3) is 0 Å². The van der Waals surface area contributed by atoms with E-state index < -0.39 is 0 Å². The fourth-order valence-electron chi connectivity index (χ4n) is 3.13. The van der Waals surface area contributed by atoms with Gasteiger partial charge in [0.1, 0.15) is 0 Å². The van der Waals surface area contributed by atoms with Crippen LogP contribution in [0.5, 0.6) is 0 Å². The molecule has 0 aromatic heterocycles.